The van der Waals surface area contributed by atoms with Gasteiger partial charge in [0.05, 0.1) is 12.3 Å². The van der Waals surface area contributed by atoms with Crippen molar-refractivity contribution in [2.45, 2.75) is 13.2 Å². The van der Waals surface area contributed by atoms with Gasteiger partial charge in [-0.15, -0.1) is 0 Å². The van der Waals surface area contributed by atoms with Crippen molar-refractivity contribution in [1.29, 1.82) is 0 Å². The first-order valence-corrected chi connectivity index (χ1v) is 8.28. The van der Waals surface area contributed by atoms with Crippen LogP contribution in [-0.2, 0) is 13.2 Å². The quantitative estimate of drug-likeness (QED) is 0.429. The number of benzene rings is 2. The third kappa shape index (κ3) is 3.13. The molecular weight excluding hydrogens is 348 g/mol. The summed E-state index contributed by atoms with van der Waals surface area (Å²) in [6, 6.07) is 14.9. The lowest BCUT2D eigenvalue weighted by Crippen LogP contribution is -2.21. The van der Waals surface area contributed by atoms with Crippen molar-refractivity contribution in [2.24, 2.45) is 0 Å². The van der Waals surface area contributed by atoms with Gasteiger partial charge < -0.3 is 9.84 Å². The second-order valence-corrected chi connectivity index (χ2v) is 5.95. The van der Waals surface area contributed by atoms with Crippen LogP contribution >= 0.6 is 0 Å². The van der Waals surface area contributed by atoms with E-state index in [0.29, 0.717) is 29.2 Å². The Morgan fingerprint density at radius 3 is 2.59 bits per heavy atom. The molecule has 0 amide bonds. The first kappa shape index (κ1) is 16.8. The Kier molecular flexibility index (Phi) is 4.31. The van der Waals surface area contributed by atoms with Gasteiger partial charge in [-0.05, 0) is 11.6 Å². The minimum atomic E-state index is -0.632. The second kappa shape index (κ2) is 6.93. The molecule has 0 aliphatic rings. The monoisotopic (exact) mass is 364 g/mol. The van der Waals surface area contributed by atoms with Crippen LogP contribution in [0.25, 0.3) is 22.3 Å². The highest BCUT2D eigenvalue weighted by molar-refractivity contribution is 5.91. The number of ether oxygens (including phenoxy) is 1. The molecule has 0 radical (unpaired) electrons. The SMILES string of the molecule is O=c1[nH]c(=O)c2c(-c3cccc(OCc4ccccc4)c3CO)[nH]nc2[nH]1. The fraction of sp³-hybridized carbons (Fsp3) is 0.105. The van der Waals surface area contributed by atoms with Crippen LogP contribution in [0.5, 0.6) is 5.75 Å². The van der Waals surface area contributed by atoms with Crippen molar-refractivity contribution in [3.8, 4) is 17.0 Å². The van der Waals surface area contributed by atoms with Crippen molar-refractivity contribution in [3.05, 3.63) is 80.5 Å². The maximum absolute atomic E-state index is 12.2. The van der Waals surface area contributed by atoms with E-state index in [1.807, 2.05) is 30.3 Å². The summed E-state index contributed by atoms with van der Waals surface area (Å²) in [5.41, 5.74) is 1.44. The van der Waals surface area contributed by atoms with Crippen LogP contribution in [0.4, 0.5) is 0 Å². The highest BCUT2D eigenvalue weighted by Crippen LogP contribution is 2.32. The Labute approximate surface area is 152 Å². The highest BCUT2D eigenvalue weighted by Gasteiger charge is 2.18. The Hall–Kier alpha value is -3.65. The van der Waals surface area contributed by atoms with Crippen molar-refractivity contribution in [2.75, 3.05) is 0 Å². The summed E-state index contributed by atoms with van der Waals surface area (Å²) in [5.74, 6) is 0.502. The van der Waals surface area contributed by atoms with Gasteiger partial charge in [0.1, 0.15) is 17.7 Å². The van der Waals surface area contributed by atoms with E-state index in [-0.39, 0.29) is 17.6 Å². The Bertz CT molecular complexity index is 1210. The number of nitrogens with zero attached hydrogens (tertiary/aromatic N) is 1. The fourth-order valence-corrected chi connectivity index (χ4v) is 2.99. The van der Waals surface area contributed by atoms with Crippen molar-refractivity contribution in [3.63, 3.8) is 0 Å². The predicted octanol–water partition coefficient (Wildman–Crippen LogP) is 1.68. The number of H-pyrrole nitrogens is 3. The molecule has 0 spiro atoms. The maximum atomic E-state index is 12.2. The largest absolute Gasteiger partial charge is 0.489 e. The van der Waals surface area contributed by atoms with Gasteiger partial charge in [-0.2, -0.15) is 5.10 Å². The van der Waals surface area contributed by atoms with E-state index in [4.69, 9.17) is 4.74 Å². The Morgan fingerprint density at radius 1 is 1.00 bits per heavy atom. The second-order valence-electron chi connectivity index (χ2n) is 5.95. The van der Waals surface area contributed by atoms with Gasteiger partial charge >= 0.3 is 5.69 Å². The number of hydrogen-bond donors (Lipinski definition) is 4. The standard InChI is InChI=1S/C19H16N4O4/c24-9-13-12(16-15-17(23-22-16)20-19(26)21-18(15)25)7-4-8-14(13)27-10-11-5-2-1-3-6-11/h1-8,24H,9-10H2,(H3,20,21,22,23,25,26). The van der Waals surface area contributed by atoms with E-state index in [0.717, 1.165) is 5.56 Å². The topological polar surface area (TPSA) is 124 Å². The molecule has 4 N–H and O–H groups in total. The predicted molar refractivity (Wildman–Crippen MR) is 99.5 cm³/mol. The van der Waals surface area contributed by atoms with Crippen LogP contribution in [0.3, 0.4) is 0 Å². The number of nitrogens with one attached hydrogen (secondary N) is 3. The average Bonchev–Trinajstić information content (AvgIpc) is 3.10. The first-order valence-electron chi connectivity index (χ1n) is 8.28. The minimum Gasteiger partial charge on any atom is -0.489 e. The number of fused-ring (bicyclic) bond motifs is 1. The van der Waals surface area contributed by atoms with Crippen LogP contribution in [0.15, 0.2) is 58.1 Å². The molecule has 4 rings (SSSR count). The molecular formula is C19H16N4O4. The zero-order valence-electron chi connectivity index (χ0n) is 14.2. The highest BCUT2D eigenvalue weighted by atomic mass is 16.5. The zero-order chi connectivity index (χ0) is 18.8. The van der Waals surface area contributed by atoms with Crippen molar-refractivity contribution in [1.82, 2.24) is 20.2 Å². The lowest BCUT2D eigenvalue weighted by atomic mass is 10.0. The Balaban J connectivity index is 1.78. The third-order valence-corrected chi connectivity index (χ3v) is 4.25. The van der Waals surface area contributed by atoms with Gasteiger partial charge in [0, 0.05) is 11.1 Å². The zero-order valence-corrected chi connectivity index (χ0v) is 14.2. The van der Waals surface area contributed by atoms with Crippen molar-refractivity contribution >= 4 is 11.0 Å². The molecule has 0 saturated heterocycles. The van der Waals surface area contributed by atoms with E-state index >= 15 is 0 Å². The average molecular weight is 364 g/mol. The first-order chi connectivity index (χ1) is 13.2. The molecule has 2 heterocycles. The molecule has 27 heavy (non-hydrogen) atoms. The number of aromatic amines is 3. The molecule has 0 bridgehead atoms. The van der Waals surface area contributed by atoms with Crippen LogP contribution < -0.4 is 16.0 Å². The molecule has 136 valence electrons. The van der Waals surface area contributed by atoms with E-state index < -0.39 is 11.2 Å². The van der Waals surface area contributed by atoms with E-state index in [1.54, 1.807) is 18.2 Å². The van der Waals surface area contributed by atoms with Gasteiger partial charge in [-0.25, -0.2) is 4.79 Å². The summed E-state index contributed by atoms with van der Waals surface area (Å²) < 4.78 is 5.88. The molecule has 0 aliphatic heterocycles. The fourth-order valence-electron chi connectivity index (χ4n) is 2.99. The van der Waals surface area contributed by atoms with Gasteiger partial charge in [0.2, 0.25) is 0 Å². The number of aliphatic hydroxyl groups is 1. The number of rotatable bonds is 5. The smallest absolute Gasteiger partial charge is 0.327 e. The van der Waals surface area contributed by atoms with Crippen molar-refractivity contribution < 1.29 is 9.84 Å². The summed E-state index contributed by atoms with van der Waals surface area (Å²) in [5, 5.41) is 16.9. The van der Waals surface area contributed by atoms with Crippen LogP contribution in [-0.4, -0.2) is 25.3 Å². The molecule has 0 unspecified atom stereocenters. The van der Waals surface area contributed by atoms with E-state index in [1.165, 1.54) is 0 Å². The molecule has 4 aromatic rings. The number of aromatic nitrogens is 4. The summed E-state index contributed by atoms with van der Waals surface area (Å²) >= 11 is 0. The summed E-state index contributed by atoms with van der Waals surface area (Å²) in [4.78, 5) is 28.3. The minimum absolute atomic E-state index is 0.151. The molecule has 0 fully saturated rings. The molecule has 0 atom stereocenters. The summed E-state index contributed by atoms with van der Waals surface area (Å²) in [7, 11) is 0. The van der Waals surface area contributed by atoms with Gasteiger partial charge in [-0.1, -0.05) is 42.5 Å². The molecule has 8 nitrogen and oxygen atoms in total. The summed E-state index contributed by atoms with van der Waals surface area (Å²) in [6.45, 7) is 0.0526. The number of aliphatic hydroxyl groups excluding tert-OH is 1. The lowest BCUT2D eigenvalue weighted by Gasteiger charge is -2.13. The summed E-state index contributed by atoms with van der Waals surface area (Å²) in [6.07, 6.45) is 0. The van der Waals surface area contributed by atoms with E-state index in [2.05, 4.69) is 20.2 Å². The molecule has 8 heteroatoms. The van der Waals surface area contributed by atoms with Gasteiger partial charge in [-0.3, -0.25) is 19.9 Å². The third-order valence-electron chi connectivity index (χ3n) is 4.25. The maximum Gasteiger partial charge on any atom is 0.327 e. The van der Waals surface area contributed by atoms with Crippen LogP contribution in [0, 0.1) is 0 Å². The molecule has 2 aromatic carbocycles. The normalized spacial score (nSPS) is 11.0. The number of hydrogen-bond acceptors (Lipinski definition) is 5. The Morgan fingerprint density at radius 2 is 1.81 bits per heavy atom. The van der Waals surface area contributed by atoms with Crippen LogP contribution in [0.1, 0.15) is 11.1 Å². The van der Waals surface area contributed by atoms with Gasteiger partial charge in [0.25, 0.3) is 5.56 Å². The van der Waals surface area contributed by atoms with Gasteiger partial charge in [0.15, 0.2) is 5.65 Å². The molecule has 0 saturated carbocycles. The van der Waals surface area contributed by atoms with Crippen LogP contribution in [0.2, 0.25) is 0 Å². The lowest BCUT2D eigenvalue weighted by molar-refractivity contribution is 0.259. The molecule has 0 aliphatic carbocycles. The van der Waals surface area contributed by atoms with E-state index in [9.17, 15) is 14.7 Å². The molecule has 2 aromatic heterocycles.